The van der Waals surface area contributed by atoms with Gasteiger partial charge >= 0.3 is 12.3 Å². The number of rotatable bonds is 7. The van der Waals surface area contributed by atoms with Crippen LogP contribution in [0.2, 0.25) is 0 Å². The van der Waals surface area contributed by atoms with Crippen LogP contribution in [-0.4, -0.2) is 52.8 Å². The van der Waals surface area contributed by atoms with Crippen molar-refractivity contribution in [3.05, 3.63) is 48.0 Å². The Kier molecular flexibility index (Phi) is 8.65. The second-order valence-corrected chi connectivity index (χ2v) is 13.6. The molecule has 0 fully saturated rings. The van der Waals surface area contributed by atoms with Gasteiger partial charge in [-0.25, -0.2) is 21.6 Å². The molecule has 3 rings (SSSR count). The van der Waals surface area contributed by atoms with Crippen LogP contribution in [0.4, 0.5) is 29.3 Å². The largest absolute Gasteiger partial charge is 0.486 e. The van der Waals surface area contributed by atoms with Crippen LogP contribution in [-0.2, 0) is 35.8 Å². The first kappa shape index (κ1) is 31.0. The highest BCUT2D eigenvalue weighted by Crippen LogP contribution is 2.40. The van der Waals surface area contributed by atoms with Gasteiger partial charge in [0.15, 0.2) is 0 Å². The number of ether oxygens (including phenoxy) is 2. The molecule has 1 aliphatic heterocycles. The number of halogens is 3. The van der Waals surface area contributed by atoms with Crippen LogP contribution in [0.25, 0.3) is 0 Å². The molecule has 2 aromatic rings. The van der Waals surface area contributed by atoms with Crippen LogP contribution in [0.15, 0.2) is 47.4 Å². The summed E-state index contributed by atoms with van der Waals surface area (Å²) in [5, 5.41) is 2.45. The van der Waals surface area contributed by atoms with Crippen molar-refractivity contribution in [1.82, 2.24) is 4.72 Å². The van der Waals surface area contributed by atoms with Crippen molar-refractivity contribution in [2.45, 2.75) is 56.9 Å². The minimum absolute atomic E-state index is 0.0762. The van der Waals surface area contributed by atoms with E-state index in [0.29, 0.717) is 6.07 Å². The molecule has 1 atom stereocenters. The van der Waals surface area contributed by atoms with E-state index in [1.165, 1.54) is 25.1 Å². The van der Waals surface area contributed by atoms with E-state index in [2.05, 4.69) is 5.32 Å². The van der Waals surface area contributed by atoms with Crippen molar-refractivity contribution in [3.8, 4) is 5.75 Å². The second kappa shape index (κ2) is 11.2. The Hall–Kier alpha value is -3.53. The third-order valence-corrected chi connectivity index (χ3v) is 8.42. The van der Waals surface area contributed by atoms with E-state index in [-0.39, 0.29) is 22.9 Å². The summed E-state index contributed by atoms with van der Waals surface area (Å²) in [5.41, 5.74) is -2.07. The molecule has 0 aromatic heterocycles. The number of amides is 2. The second-order valence-electron chi connectivity index (χ2n) is 9.74. The fourth-order valence-electron chi connectivity index (χ4n) is 3.60. The monoisotopic (exact) mass is 607 g/mol. The molecule has 0 spiro atoms. The van der Waals surface area contributed by atoms with Crippen molar-refractivity contribution in [2.75, 3.05) is 21.9 Å². The Morgan fingerprint density at radius 1 is 1.07 bits per heavy atom. The average molecular weight is 608 g/mol. The number of carbonyl (C=O) groups excluding carboxylic acids is 2. The molecule has 2 amide bonds. The van der Waals surface area contributed by atoms with E-state index in [1.54, 1.807) is 20.8 Å². The molecule has 220 valence electrons. The lowest BCUT2D eigenvalue weighted by molar-refractivity contribution is -0.137. The number of sulfonamides is 2. The number of hydrogen-bond donors (Lipinski definition) is 2. The van der Waals surface area contributed by atoms with E-state index in [4.69, 9.17) is 9.47 Å². The normalized spacial score (nSPS) is 16.0. The van der Waals surface area contributed by atoms with Crippen LogP contribution in [0, 0.1) is 0 Å². The first-order valence-electron chi connectivity index (χ1n) is 11.8. The lowest BCUT2D eigenvalue weighted by Gasteiger charge is -2.35. The molecule has 0 saturated heterocycles. The molecule has 1 aliphatic rings. The van der Waals surface area contributed by atoms with Gasteiger partial charge in [-0.05, 0) is 64.1 Å². The van der Waals surface area contributed by atoms with Crippen molar-refractivity contribution >= 4 is 43.4 Å². The van der Waals surface area contributed by atoms with E-state index in [1.807, 2.05) is 4.72 Å². The zero-order chi connectivity index (χ0) is 30.1. The summed E-state index contributed by atoms with van der Waals surface area (Å²) in [6, 6.07) is 7.00. The number of anilines is 2. The number of alkyl halides is 3. The van der Waals surface area contributed by atoms with Crippen LogP contribution in [0.3, 0.4) is 0 Å². The standard InChI is InChI=1S/C24H28F3N3O8S2/c1-5-39(33,34)29-21(31)13-17-14-30(40(35,36)18-8-6-7-15(11-18)24(25,26)27)19-12-16(9-10-20(19)37-17)28-22(32)38-23(2,3)4/h6-12,17H,5,13-14H2,1-4H3,(H,28,32)(H,29,31)/t17-/m0/s1. The van der Waals surface area contributed by atoms with Gasteiger partial charge in [-0.2, -0.15) is 13.2 Å². The number of nitrogens with one attached hydrogen (secondary N) is 2. The van der Waals surface area contributed by atoms with Gasteiger partial charge in [0.25, 0.3) is 10.0 Å². The lowest BCUT2D eigenvalue weighted by atomic mass is 10.1. The van der Waals surface area contributed by atoms with E-state index < -0.39 is 73.4 Å². The Morgan fingerprint density at radius 2 is 1.75 bits per heavy atom. The lowest BCUT2D eigenvalue weighted by Crippen LogP contribution is -2.46. The van der Waals surface area contributed by atoms with Crippen molar-refractivity contribution < 1.29 is 49.1 Å². The molecule has 0 bridgehead atoms. The summed E-state index contributed by atoms with van der Waals surface area (Å²) in [6.07, 6.45) is -7.44. The predicted octanol–water partition coefficient (Wildman–Crippen LogP) is 3.86. The molecular formula is C24H28F3N3O8S2. The highest BCUT2D eigenvalue weighted by molar-refractivity contribution is 7.92. The first-order chi connectivity index (χ1) is 18.3. The van der Waals surface area contributed by atoms with Gasteiger partial charge in [0.1, 0.15) is 17.5 Å². The summed E-state index contributed by atoms with van der Waals surface area (Å²) in [6.45, 7) is 5.67. The Labute approximate surface area is 229 Å². The maximum Gasteiger partial charge on any atom is 0.416 e. The van der Waals surface area contributed by atoms with Gasteiger partial charge in [-0.3, -0.25) is 19.1 Å². The van der Waals surface area contributed by atoms with Gasteiger partial charge in [0, 0.05) is 5.69 Å². The van der Waals surface area contributed by atoms with Crippen molar-refractivity contribution in [1.29, 1.82) is 0 Å². The quantitative estimate of drug-likeness (QED) is 0.482. The number of carbonyl (C=O) groups is 2. The maximum absolute atomic E-state index is 13.7. The Morgan fingerprint density at radius 3 is 2.35 bits per heavy atom. The molecule has 0 radical (unpaired) electrons. The Balaban J connectivity index is 2.03. The van der Waals surface area contributed by atoms with Crippen LogP contribution < -0.4 is 19.1 Å². The molecule has 16 heteroatoms. The van der Waals surface area contributed by atoms with Gasteiger partial charge in [-0.1, -0.05) is 6.07 Å². The minimum Gasteiger partial charge on any atom is -0.486 e. The number of hydrogen-bond acceptors (Lipinski definition) is 8. The zero-order valence-corrected chi connectivity index (χ0v) is 23.5. The van der Waals surface area contributed by atoms with E-state index in [0.717, 1.165) is 22.5 Å². The van der Waals surface area contributed by atoms with E-state index in [9.17, 15) is 39.6 Å². The number of nitrogens with zero attached hydrogens (tertiary/aromatic N) is 1. The van der Waals surface area contributed by atoms with Crippen molar-refractivity contribution in [2.24, 2.45) is 0 Å². The SMILES string of the molecule is CCS(=O)(=O)NC(=O)C[C@H]1CN(S(=O)(=O)c2cccc(C(F)(F)F)c2)c2cc(NC(=O)OC(C)(C)C)ccc2O1. The van der Waals surface area contributed by atoms with Crippen LogP contribution in [0.1, 0.15) is 39.7 Å². The molecule has 0 aliphatic carbocycles. The third kappa shape index (κ3) is 7.78. The highest BCUT2D eigenvalue weighted by atomic mass is 32.2. The van der Waals surface area contributed by atoms with Crippen LogP contribution in [0.5, 0.6) is 5.75 Å². The number of benzene rings is 2. The molecule has 11 nitrogen and oxygen atoms in total. The molecule has 1 heterocycles. The minimum atomic E-state index is -4.82. The van der Waals surface area contributed by atoms with Crippen LogP contribution >= 0.6 is 0 Å². The summed E-state index contributed by atoms with van der Waals surface area (Å²) in [5.74, 6) is -1.42. The fraction of sp³-hybridized carbons (Fsp3) is 0.417. The molecule has 0 saturated carbocycles. The van der Waals surface area contributed by atoms with Crippen molar-refractivity contribution in [3.63, 3.8) is 0 Å². The smallest absolute Gasteiger partial charge is 0.416 e. The van der Waals surface area contributed by atoms with Gasteiger partial charge < -0.3 is 9.47 Å². The topological polar surface area (TPSA) is 148 Å². The zero-order valence-electron chi connectivity index (χ0n) is 21.9. The molecule has 0 unspecified atom stereocenters. The van der Waals surface area contributed by atoms with Gasteiger partial charge in [0.2, 0.25) is 15.9 Å². The average Bonchev–Trinajstić information content (AvgIpc) is 2.81. The predicted molar refractivity (Wildman–Crippen MR) is 139 cm³/mol. The summed E-state index contributed by atoms with van der Waals surface area (Å²) in [7, 11) is -8.59. The molecule has 40 heavy (non-hydrogen) atoms. The summed E-state index contributed by atoms with van der Waals surface area (Å²) in [4.78, 5) is 23.9. The van der Waals surface area contributed by atoms with E-state index >= 15 is 0 Å². The molecule has 2 N–H and O–H groups in total. The first-order valence-corrected chi connectivity index (χ1v) is 14.9. The summed E-state index contributed by atoms with van der Waals surface area (Å²) >= 11 is 0. The fourth-order valence-corrected chi connectivity index (χ4v) is 5.72. The Bertz CT molecular complexity index is 1500. The number of fused-ring (bicyclic) bond motifs is 1. The van der Waals surface area contributed by atoms with Gasteiger partial charge in [-0.15, -0.1) is 0 Å². The third-order valence-electron chi connectivity index (χ3n) is 5.35. The summed E-state index contributed by atoms with van der Waals surface area (Å²) < 4.78 is 104. The highest BCUT2D eigenvalue weighted by Gasteiger charge is 2.38. The molecular weight excluding hydrogens is 579 g/mol. The molecule has 2 aromatic carbocycles. The maximum atomic E-state index is 13.7. The van der Waals surface area contributed by atoms with Gasteiger partial charge in [0.05, 0.1) is 34.9 Å².